The molecule has 0 saturated carbocycles. The topological polar surface area (TPSA) is 85.3 Å². The molecule has 7 nitrogen and oxygen atoms in total. The Balaban J connectivity index is 1.46. The Labute approximate surface area is 264 Å². The van der Waals surface area contributed by atoms with Crippen LogP contribution >= 0.6 is 27.7 Å². The van der Waals surface area contributed by atoms with Crippen molar-refractivity contribution in [2.75, 3.05) is 6.61 Å². The molecule has 1 aliphatic rings. The lowest BCUT2D eigenvalue weighted by atomic mass is 10.1. The Hall–Kier alpha value is -3.86. The van der Waals surface area contributed by atoms with Crippen LogP contribution in [-0.4, -0.2) is 31.0 Å². The van der Waals surface area contributed by atoms with E-state index in [4.69, 9.17) is 13.9 Å². The minimum atomic E-state index is -4.12. The van der Waals surface area contributed by atoms with Crippen LogP contribution in [0.2, 0.25) is 0 Å². The van der Waals surface area contributed by atoms with Gasteiger partial charge in [0.1, 0.15) is 4.90 Å². The number of nitrogens with zero attached hydrogens (tertiary/aromatic N) is 2. The highest BCUT2D eigenvalue weighted by atomic mass is 79.9. The van der Waals surface area contributed by atoms with Crippen LogP contribution in [0.4, 0.5) is 0 Å². The van der Waals surface area contributed by atoms with E-state index >= 15 is 0 Å². The van der Waals surface area contributed by atoms with Crippen molar-refractivity contribution >= 4 is 55.0 Å². The van der Waals surface area contributed by atoms with E-state index in [-0.39, 0.29) is 28.9 Å². The van der Waals surface area contributed by atoms with Crippen molar-refractivity contribution in [3.05, 3.63) is 129 Å². The molecule has 0 spiro atoms. The highest BCUT2D eigenvalue weighted by molar-refractivity contribution is 9.10. The van der Waals surface area contributed by atoms with Crippen molar-refractivity contribution in [2.24, 2.45) is 4.99 Å². The first-order valence-corrected chi connectivity index (χ1v) is 16.6. The number of amides is 1. The number of halogens is 1. The minimum absolute atomic E-state index is 0.0331. The molecular weight excluding hydrogens is 648 g/mol. The molecule has 1 aliphatic heterocycles. The number of amidine groups is 1. The number of ether oxygens (including phenoxy) is 1. The number of thioether (sulfide) groups is 1. The van der Waals surface area contributed by atoms with E-state index < -0.39 is 10.1 Å². The van der Waals surface area contributed by atoms with Gasteiger partial charge in [0.25, 0.3) is 5.91 Å². The fourth-order valence-electron chi connectivity index (χ4n) is 4.30. The number of hydrogen-bond acceptors (Lipinski definition) is 7. The molecule has 1 amide bonds. The third kappa shape index (κ3) is 7.57. The summed E-state index contributed by atoms with van der Waals surface area (Å²) in [5, 5.41) is 0.609. The number of carbonyl (C=O) groups excluding carboxylic acids is 1. The van der Waals surface area contributed by atoms with Crippen molar-refractivity contribution < 1.29 is 22.1 Å². The molecule has 0 bridgehead atoms. The highest BCUT2D eigenvalue weighted by Gasteiger charge is 2.33. The second-order valence-corrected chi connectivity index (χ2v) is 13.1. The molecule has 4 aromatic carbocycles. The van der Waals surface area contributed by atoms with E-state index in [9.17, 15) is 13.2 Å². The number of carbonyl (C=O) groups is 1. The molecule has 0 atom stereocenters. The normalized spacial score (nSPS) is 15.3. The summed E-state index contributed by atoms with van der Waals surface area (Å²) in [5.74, 6) is 0.0942. The van der Waals surface area contributed by atoms with Gasteiger partial charge in [0.2, 0.25) is 0 Å². The Morgan fingerprint density at radius 2 is 1.58 bits per heavy atom. The van der Waals surface area contributed by atoms with Crippen molar-refractivity contribution in [3.8, 4) is 11.5 Å². The quantitative estimate of drug-likeness (QED) is 0.127. The monoisotopic (exact) mass is 676 g/mol. The van der Waals surface area contributed by atoms with Crippen molar-refractivity contribution in [1.82, 2.24) is 4.90 Å². The zero-order chi connectivity index (χ0) is 30.4. The fraction of sp³-hybridized carbons (Fsp3) is 0.152. The van der Waals surface area contributed by atoms with Gasteiger partial charge in [-0.2, -0.15) is 8.42 Å². The maximum absolute atomic E-state index is 13.7. The smallest absolute Gasteiger partial charge is 0.339 e. The first kappa shape index (κ1) is 30.6. The molecule has 43 heavy (non-hydrogen) atoms. The summed E-state index contributed by atoms with van der Waals surface area (Å²) < 4.78 is 37.8. The average molecular weight is 678 g/mol. The molecule has 1 saturated heterocycles. The lowest BCUT2D eigenvalue weighted by molar-refractivity contribution is -0.122. The average Bonchev–Trinajstić information content (AvgIpc) is 3.28. The first-order chi connectivity index (χ1) is 20.7. The van der Waals surface area contributed by atoms with Crippen molar-refractivity contribution in [3.63, 3.8) is 0 Å². The fourth-order valence-corrected chi connectivity index (χ4v) is 6.88. The second-order valence-electron chi connectivity index (χ2n) is 9.69. The third-order valence-corrected chi connectivity index (χ3v) is 9.31. The molecule has 0 N–H and O–H groups in total. The lowest BCUT2D eigenvalue weighted by Gasteiger charge is -2.16. The second kappa shape index (κ2) is 13.6. The standard InChI is InChI=1S/C33H29BrN2O5S2/c1-3-40-29-19-26(18-28(34)31(29)41-43(38,39)27-16-14-23(2)15-17-27)20-30-32(37)36(22-25-12-8-5-9-13-25)33(42-30)35-21-24-10-6-4-7-11-24/h4-20H,3,21-22H2,1-2H3/b30-20+,35-33?. The predicted octanol–water partition coefficient (Wildman–Crippen LogP) is 7.60. The van der Waals surface area contributed by atoms with Crippen LogP contribution < -0.4 is 8.92 Å². The number of benzene rings is 4. The molecule has 4 aromatic rings. The van der Waals surface area contributed by atoms with Crippen LogP contribution in [0.5, 0.6) is 11.5 Å². The lowest BCUT2D eigenvalue weighted by Crippen LogP contribution is -2.28. The van der Waals surface area contributed by atoms with Gasteiger partial charge in [-0.15, -0.1) is 0 Å². The molecular formula is C33H29BrN2O5S2. The predicted molar refractivity (Wildman–Crippen MR) is 174 cm³/mol. The van der Waals surface area contributed by atoms with Crippen LogP contribution in [0.15, 0.2) is 116 Å². The molecule has 0 unspecified atom stereocenters. The van der Waals surface area contributed by atoms with Gasteiger partial charge in [-0.3, -0.25) is 14.7 Å². The van der Waals surface area contributed by atoms with Crippen LogP contribution in [0.1, 0.15) is 29.2 Å². The summed E-state index contributed by atoms with van der Waals surface area (Å²) in [6.45, 7) is 4.78. The summed E-state index contributed by atoms with van der Waals surface area (Å²) in [7, 11) is -4.12. The minimum Gasteiger partial charge on any atom is -0.490 e. The number of aryl methyl sites for hydroxylation is 1. The molecule has 10 heteroatoms. The first-order valence-electron chi connectivity index (χ1n) is 13.5. The van der Waals surface area contributed by atoms with Gasteiger partial charge in [-0.1, -0.05) is 78.4 Å². The van der Waals surface area contributed by atoms with E-state index in [0.29, 0.717) is 33.2 Å². The van der Waals surface area contributed by atoms with Crippen LogP contribution in [0.25, 0.3) is 6.08 Å². The van der Waals surface area contributed by atoms with Gasteiger partial charge in [-0.25, -0.2) is 0 Å². The number of hydrogen-bond donors (Lipinski definition) is 0. The zero-order valence-corrected chi connectivity index (χ0v) is 26.8. The van der Waals surface area contributed by atoms with E-state index in [0.717, 1.165) is 16.7 Å². The molecule has 0 radical (unpaired) electrons. The van der Waals surface area contributed by atoms with Crippen molar-refractivity contribution in [1.29, 1.82) is 0 Å². The van der Waals surface area contributed by atoms with E-state index in [2.05, 4.69) is 15.9 Å². The number of rotatable bonds is 10. The van der Waals surface area contributed by atoms with Crippen LogP contribution in [0, 0.1) is 6.92 Å². The van der Waals surface area contributed by atoms with Gasteiger partial charge in [0.15, 0.2) is 16.7 Å². The molecule has 5 rings (SSSR count). The van der Waals surface area contributed by atoms with E-state index in [1.54, 1.807) is 42.2 Å². The van der Waals surface area contributed by atoms with E-state index in [1.165, 1.54) is 23.9 Å². The summed E-state index contributed by atoms with van der Waals surface area (Å²) in [6.07, 6.45) is 1.75. The largest absolute Gasteiger partial charge is 0.490 e. The van der Waals surface area contributed by atoms with E-state index in [1.807, 2.05) is 67.6 Å². The molecule has 0 aromatic heterocycles. The highest BCUT2D eigenvalue weighted by Crippen LogP contribution is 2.41. The Morgan fingerprint density at radius 3 is 2.23 bits per heavy atom. The van der Waals surface area contributed by atoms with Crippen LogP contribution in [-0.2, 0) is 28.0 Å². The third-order valence-electron chi connectivity index (χ3n) is 6.44. The SMILES string of the molecule is CCOc1cc(/C=C2/SC(=NCc3ccccc3)N(Cc3ccccc3)C2=O)cc(Br)c1OS(=O)(=O)c1ccc(C)cc1. The van der Waals surface area contributed by atoms with Gasteiger partial charge < -0.3 is 8.92 Å². The molecule has 220 valence electrons. The molecule has 1 fully saturated rings. The van der Waals surface area contributed by atoms with Gasteiger partial charge in [0, 0.05) is 0 Å². The summed E-state index contributed by atoms with van der Waals surface area (Å²) in [6, 6.07) is 29.4. The summed E-state index contributed by atoms with van der Waals surface area (Å²) in [4.78, 5) is 20.7. The molecule has 1 heterocycles. The van der Waals surface area contributed by atoms with Crippen LogP contribution in [0.3, 0.4) is 0 Å². The maximum atomic E-state index is 13.7. The van der Waals surface area contributed by atoms with Gasteiger partial charge in [-0.05, 0) is 88.6 Å². The Kier molecular flexibility index (Phi) is 9.69. The molecule has 0 aliphatic carbocycles. The Morgan fingerprint density at radius 1 is 0.930 bits per heavy atom. The maximum Gasteiger partial charge on any atom is 0.339 e. The summed E-state index contributed by atoms with van der Waals surface area (Å²) in [5.41, 5.74) is 3.60. The zero-order valence-electron chi connectivity index (χ0n) is 23.6. The van der Waals surface area contributed by atoms with Gasteiger partial charge >= 0.3 is 10.1 Å². The Bertz CT molecular complexity index is 1780. The summed E-state index contributed by atoms with van der Waals surface area (Å²) >= 11 is 4.77. The van der Waals surface area contributed by atoms with Crippen molar-refractivity contribution in [2.45, 2.75) is 31.8 Å². The van der Waals surface area contributed by atoms with Gasteiger partial charge in [0.05, 0.1) is 29.1 Å². The number of aliphatic imine (C=N–C) groups is 1.